The summed E-state index contributed by atoms with van der Waals surface area (Å²) in [6.45, 7) is 8.14. The molecule has 0 saturated heterocycles. The molecule has 4 heteroatoms. The highest BCUT2D eigenvalue weighted by Gasteiger charge is 2.28. The monoisotopic (exact) mass is 230 g/mol. The molecule has 0 heterocycles. The Labute approximate surface area is 99.1 Å². The van der Waals surface area contributed by atoms with Crippen LogP contribution < -0.4 is 0 Å². The first-order valence-electron chi connectivity index (χ1n) is 6.05. The van der Waals surface area contributed by atoms with E-state index < -0.39 is 6.09 Å². The standard InChI is InChI=1S/C12H23NO3/c1-9(2)10(14)12(3,4)7-6-8-13(5)11(15)16/h9H,6-8H2,1-5H3,(H,15,16)/i/hD. The molecule has 0 aliphatic carbocycles. The second-order valence-electron chi connectivity index (χ2n) is 5.19. The fourth-order valence-electron chi connectivity index (χ4n) is 1.75. The molecule has 0 aromatic heterocycles. The minimum absolute atomic E-state index is 0.0286. The van der Waals surface area contributed by atoms with Crippen LogP contribution in [0.2, 0.25) is 0 Å². The molecule has 0 aromatic carbocycles. The van der Waals surface area contributed by atoms with Crippen LogP contribution in [0.25, 0.3) is 1.43 Å². The summed E-state index contributed by atoms with van der Waals surface area (Å²) >= 11 is 0. The number of ketones is 1. The maximum atomic E-state index is 11.9. The second kappa shape index (κ2) is 5.87. The molecule has 1 N–H and O–H groups in total. The van der Waals surface area contributed by atoms with Crippen LogP contribution in [0.5, 0.6) is 0 Å². The summed E-state index contributed by atoms with van der Waals surface area (Å²) in [5.41, 5.74) is -0.361. The third-order valence-electron chi connectivity index (χ3n) is 2.80. The molecule has 16 heavy (non-hydrogen) atoms. The summed E-state index contributed by atoms with van der Waals surface area (Å²) in [7, 11) is 1.58. The van der Waals surface area contributed by atoms with Gasteiger partial charge in [-0.05, 0) is 12.8 Å². The number of carboxylic acid groups (broad SMARTS) is 1. The Balaban J connectivity index is 4.12. The van der Waals surface area contributed by atoms with E-state index in [-0.39, 0.29) is 17.1 Å². The van der Waals surface area contributed by atoms with E-state index >= 15 is 0 Å². The Morgan fingerprint density at radius 3 is 2.44 bits per heavy atom. The van der Waals surface area contributed by atoms with Crippen molar-refractivity contribution in [3.05, 3.63) is 0 Å². The lowest BCUT2D eigenvalue weighted by Crippen LogP contribution is -2.31. The normalized spacial score (nSPS) is 12.2. The van der Waals surface area contributed by atoms with Crippen molar-refractivity contribution in [2.45, 2.75) is 40.5 Å². The number of hydrogen-bond donors (Lipinski definition) is 1. The Kier molecular flexibility index (Phi) is 4.77. The summed E-state index contributed by atoms with van der Waals surface area (Å²) in [6, 6.07) is 0. The Hall–Kier alpha value is -1.06. The third-order valence-corrected chi connectivity index (χ3v) is 2.80. The van der Waals surface area contributed by atoms with Gasteiger partial charge in [-0.15, -0.1) is 0 Å². The molecule has 0 atom stereocenters. The number of nitrogens with zero attached hydrogens (tertiary/aromatic N) is 1. The van der Waals surface area contributed by atoms with Gasteiger partial charge in [-0.3, -0.25) is 4.79 Å². The van der Waals surface area contributed by atoms with E-state index in [9.17, 15) is 9.59 Å². The minimum atomic E-state index is -0.669. The van der Waals surface area contributed by atoms with Crippen LogP contribution in [0, 0.1) is 11.3 Å². The number of Topliss-reactive ketones (excluding diaryl/α,β-unsaturated/α-hetero) is 1. The van der Waals surface area contributed by atoms with Gasteiger partial charge in [0.2, 0.25) is 0 Å². The highest BCUT2D eigenvalue weighted by atomic mass is 16.4. The fourth-order valence-corrected chi connectivity index (χ4v) is 1.75. The molecular formula is C12H23NO3. The molecule has 0 aromatic rings. The minimum Gasteiger partial charge on any atom is -0.465 e. The van der Waals surface area contributed by atoms with Crippen LogP contribution >= 0.6 is 0 Å². The van der Waals surface area contributed by atoms with E-state index in [1.54, 1.807) is 7.05 Å². The molecule has 94 valence electrons. The zero-order chi connectivity index (χ0) is 13.6. The van der Waals surface area contributed by atoms with Crippen molar-refractivity contribution < 1.29 is 14.7 Å². The van der Waals surface area contributed by atoms with Crippen molar-refractivity contribution in [3.8, 4) is 0 Å². The van der Waals surface area contributed by atoms with Crippen LogP contribution in [-0.4, -0.2) is 35.5 Å². The molecule has 0 rings (SSSR count). The van der Waals surface area contributed by atoms with Crippen molar-refractivity contribution in [1.29, 1.82) is 1.43 Å². The van der Waals surface area contributed by atoms with E-state index in [0.29, 0.717) is 6.54 Å². The van der Waals surface area contributed by atoms with Crippen LogP contribution in [0.4, 0.5) is 4.79 Å². The molecule has 0 saturated carbocycles. The molecule has 0 unspecified atom stereocenters. The predicted octanol–water partition coefficient (Wildman–Crippen LogP) is 2.63. The fraction of sp³-hybridized carbons (Fsp3) is 0.833. The van der Waals surface area contributed by atoms with Gasteiger partial charge in [0.05, 0.1) is 0 Å². The average Bonchev–Trinajstić information content (AvgIpc) is 2.26. The number of rotatable bonds is 6. The van der Waals surface area contributed by atoms with Crippen molar-refractivity contribution in [2.24, 2.45) is 11.3 Å². The molecule has 0 spiro atoms. The molecule has 4 nitrogen and oxygen atoms in total. The maximum absolute atomic E-state index is 11.9. The summed E-state index contributed by atoms with van der Waals surface area (Å²) < 4.78 is 6.48. The van der Waals surface area contributed by atoms with Crippen LogP contribution in [0.1, 0.15) is 40.5 Å². The molecule has 0 radical (unpaired) electrons. The predicted molar refractivity (Wildman–Crippen MR) is 63.5 cm³/mol. The Morgan fingerprint density at radius 2 is 2.00 bits per heavy atom. The van der Waals surface area contributed by atoms with Gasteiger partial charge in [-0.1, -0.05) is 27.7 Å². The lowest BCUT2D eigenvalue weighted by molar-refractivity contribution is -0.130. The number of amides is 1. The van der Waals surface area contributed by atoms with Crippen molar-refractivity contribution >= 4 is 11.9 Å². The first kappa shape index (κ1) is 13.0. The Bertz CT molecular complexity index is 277. The summed E-state index contributed by atoms with van der Waals surface area (Å²) in [5.74, 6) is 0.268. The van der Waals surface area contributed by atoms with Gasteiger partial charge in [0, 0.05) is 24.9 Å². The third kappa shape index (κ3) is 4.64. The van der Waals surface area contributed by atoms with Gasteiger partial charge < -0.3 is 10.0 Å². The Morgan fingerprint density at radius 1 is 1.44 bits per heavy atom. The van der Waals surface area contributed by atoms with E-state index in [0.717, 1.165) is 12.8 Å². The van der Waals surface area contributed by atoms with Crippen molar-refractivity contribution in [2.75, 3.05) is 13.6 Å². The topological polar surface area (TPSA) is 57.6 Å². The SMILES string of the molecule is [2H]OC(=O)N(C)CCCC(C)(C)C(=O)C(C)C. The zero-order valence-corrected chi connectivity index (χ0v) is 10.9. The van der Waals surface area contributed by atoms with Crippen molar-refractivity contribution in [1.82, 2.24) is 4.90 Å². The van der Waals surface area contributed by atoms with E-state index in [4.69, 9.17) is 1.43 Å². The van der Waals surface area contributed by atoms with Gasteiger partial charge in [-0.2, -0.15) is 0 Å². The smallest absolute Gasteiger partial charge is 0.407 e. The molecule has 1 amide bonds. The lowest BCUT2D eigenvalue weighted by Gasteiger charge is -2.25. The lowest BCUT2D eigenvalue weighted by atomic mass is 9.79. The van der Waals surface area contributed by atoms with Gasteiger partial charge in [0.1, 0.15) is 5.78 Å². The second-order valence-corrected chi connectivity index (χ2v) is 5.19. The summed E-state index contributed by atoms with van der Waals surface area (Å²) in [6.07, 6.45) is 0.773. The quantitative estimate of drug-likeness (QED) is 0.763. The first-order valence-corrected chi connectivity index (χ1v) is 5.65. The van der Waals surface area contributed by atoms with Crippen LogP contribution in [-0.2, 0) is 4.79 Å². The van der Waals surface area contributed by atoms with E-state index in [1.165, 1.54) is 4.90 Å². The van der Waals surface area contributed by atoms with Gasteiger partial charge in [0.25, 0.3) is 1.43 Å². The first-order chi connectivity index (χ1) is 7.72. The summed E-state index contributed by atoms with van der Waals surface area (Å²) in [4.78, 5) is 24.2. The molecule has 0 bridgehead atoms. The number of carbonyl (C=O) groups excluding carboxylic acids is 1. The number of hydrogen-bond acceptors (Lipinski definition) is 3. The largest absolute Gasteiger partial charge is 0.465 e. The molecule has 0 fully saturated rings. The van der Waals surface area contributed by atoms with Crippen LogP contribution in [0.15, 0.2) is 0 Å². The van der Waals surface area contributed by atoms with Gasteiger partial charge in [-0.25, -0.2) is 4.79 Å². The van der Waals surface area contributed by atoms with Crippen molar-refractivity contribution in [3.63, 3.8) is 0 Å². The highest BCUT2D eigenvalue weighted by molar-refractivity contribution is 5.85. The zero-order valence-electron chi connectivity index (χ0n) is 11.9. The molecule has 0 aliphatic heterocycles. The number of carbonyl (C=O) groups is 2. The van der Waals surface area contributed by atoms with E-state index in [1.807, 2.05) is 27.7 Å². The molecule has 0 aliphatic rings. The van der Waals surface area contributed by atoms with Crippen LogP contribution in [0.3, 0.4) is 0 Å². The van der Waals surface area contributed by atoms with Gasteiger partial charge in [0.15, 0.2) is 0 Å². The van der Waals surface area contributed by atoms with E-state index in [2.05, 4.69) is 5.11 Å². The molecular weight excluding hydrogens is 206 g/mol. The highest BCUT2D eigenvalue weighted by Crippen LogP contribution is 2.27. The summed E-state index contributed by atoms with van der Waals surface area (Å²) in [5, 5.41) is 3.85. The maximum Gasteiger partial charge on any atom is 0.407 e. The van der Waals surface area contributed by atoms with Gasteiger partial charge >= 0.3 is 6.09 Å². The average molecular weight is 230 g/mol.